The summed E-state index contributed by atoms with van der Waals surface area (Å²) in [7, 11) is 3.53. The van der Waals surface area contributed by atoms with Crippen molar-refractivity contribution in [3.8, 4) is 5.75 Å². The average molecular weight is 512 g/mol. The summed E-state index contributed by atoms with van der Waals surface area (Å²) in [6, 6.07) is 8.76. The van der Waals surface area contributed by atoms with Crippen LogP contribution in [0.15, 0.2) is 48.0 Å². The lowest BCUT2D eigenvalue weighted by Crippen LogP contribution is -2.43. The van der Waals surface area contributed by atoms with Gasteiger partial charge in [-0.3, -0.25) is 9.89 Å². The van der Waals surface area contributed by atoms with Gasteiger partial charge in [-0.05, 0) is 50.0 Å². The maximum Gasteiger partial charge on any atom is 0.191 e. The first kappa shape index (κ1) is 23.5. The van der Waals surface area contributed by atoms with E-state index in [9.17, 15) is 0 Å². The summed E-state index contributed by atoms with van der Waals surface area (Å²) >= 11 is 0. The fourth-order valence-electron chi connectivity index (χ4n) is 3.64. The Kier molecular flexibility index (Phi) is 10.3. The Morgan fingerprint density at radius 3 is 2.59 bits per heavy atom. The van der Waals surface area contributed by atoms with E-state index in [0.29, 0.717) is 6.04 Å². The number of imidazole rings is 1. The molecule has 1 fully saturated rings. The highest BCUT2D eigenvalue weighted by Gasteiger charge is 2.23. The summed E-state index contributed by atoms with van der Waals surface area (Å²) in [4.78, 5) is 11.0. The number of nitrogens with one attached hydrogen (secondary N) is 2. The highest BCUT2D eigenvalue weighted by molar-refractivity contribution is 14.0. The third-order valence-electron chi connectivity index (χ3n) is 5.21. The van der Waals surface area contributed by atoms with E-state index in [1.807, 2.05) is 37.9 Å². The molecule has 1 saturated heterocycles. The van der Waals surface area contributed by atoms with E-state index in [1.54, 1.807) is 7.11 Å². The van der Waals surface area contributed by atoms with Gasteiger partial charge in [0.2, 0.25) is 0 Å². The van der Waals surface area contributed by atoms with Crippen LogP contribution in [0.1, 0.15) is 30.9 Å². The van der Waals surface area contributed by atoms with Gasteiger partial charge in [0.1, 0.15) is 5.75 Å². The summed E-state index contributed by atoms with van der Waals surface area (Å²) in [5.74, 6) is 1.75. The van der Waals surface area contributed by atoms with Gasteiger partial charge in [-0.1, -0.05) is 12.1 Å². The van der Waals surface area contributed by atoms with Gasteiger partial charge in [0, 0.05) is 39.1 Å². The lowest BCUT2D eigenvalue weighted by atomic mass is 10.1. The number of methoxy groups -OCH3 is 1. The smallest absolute Gasteiger partial charge is 0.191 e. The van der Waals surface area contributed by atoms with Crippen molar-refractivity contribution in [2.24, 2.45) is 4.99 Å². The first-order valence-corrected chi connectivity index (χ1v) is 10.1. The second-order valence-corrected chi connectivity index (χ2v) is 7.07. The molecular weight excluding hydrogens is 479 g/mol. The number of halogens is 1. The largest absolute Gasteiger partial charge is 0.497 e. The number of ether oxygens (including phenoxy) is 1. The van der Waals surface area contributed by atoms with Gasteiger partial charge < -0.3 is 19.9 Å². The minimum atomic E-state index is 0. The zero-order valence-corrected chi connectivity index (χ0v) is 19.7. The number of hydrogen-bond donors (Lipinski definition) is 2. The molecule has 1 unspecified atom stereocenters. The summed E-state index contributed by atoms with van der Waals surface area (Å²) in [6.45, 7) is 4.94. The predicted octanol–water partition coefficient (Wildman–Crippen LogP) is 2.90. The van der Waals surface area contributed by atoms with Gasteiger partial charge in [0.15, 0.2) is 5.96 Å². The Hall–Kier alpha value is -1.81. The number of aryl methyl sites for hydroxylation is 1. The Morgan fingerprint density at radius 1 is 1.21 bits per heavy atom. The molecule has 0 saturated carbocycles. The van der Waals surface area contributed by atoms with E-state index < -0.39 is 0 Å². The second-order valence-electron chi connectivity index (χ2n) is 7.07. The lowest BCUT2D eigenvalue weighted by Gasteiger charge is -2.29. The topological polar surface area (TPSA) is 66.7 Å². The molecule has 2 aromatic rings. The zero-order chi connectivity index (χ0) is 19.6. The molecule has 1 aromatic heterocycles. The first-order valence-electron chi connectivity index (χ1n) is 10.1. The molecule has 2 N–H and O–H groups in total. The molecule has 1 aromatic carbocycles. The molecule has 1 aliphatic rings. The molecule has 0 radical (unpaired) electrons. The van der Waals surface area contributed by atoms with Crippen LogP contribution in [0.25, 0.3) is 0 Å². The molecule has 160 valence electrons. The maximum atomic E-state index is 5.31. The van der Waals surface area contributed by atoms with Crippen LogP contribution < -0.4 is 15.4 Å². The highest BCUT2D eigenvalue weighted by Crippen LogP contribution is 2.26. The van der Waals surface area contributed by atoms with E-state index in [-0.39, 0.29) is 24.0 Å². The number of hydrogen-bond acceptors (Lipinski definition) is 4. The molecule has 3 rings (SSSR count). The minimum absolute atomic E-state index is 0. The Labute approximate surface area is 191 Å². The first-order chi connectivity index (χ1) is 13.8. The van der Waals surface area contributed by atoms with Crippen LogP contribution in [0.5, 0.6) is 5.75 Å². The molecule has 0 bridgehead atoms. The number of guanidine groups is 1. The number of likely N-dealkylation sites (tertiary alicyclic amines) is 1. The third-order valence-corrected chi connectivity index (χ3v) is 5.21. The van der Waals surface area contributed by atoms with Crippen LogP contribution in [0.4, 0.5) is 0 Å². The molecule has 0 spiro atoms. The average Bonchev–Trinajstić information content (AvgIpc) is 3.44. The molecule has 0 aliphatic carbocycles. The summed E-state index contributed by atoms with van der Waals surface area (Å²) in [5.41, 5.74) is 1.31. The zero-order valence-electron chi connectivity index (χ0n) is 17.4. The number of aromatic nitrogens is 2. The van der Waals surface area contributed by atoms with E-state index in [0.717, 1.165) is 50.9 Å². The van der Waals surface area contributed by atoms with Gasteiger partial charge in [-0.15, -0.1) is 24.0 Å². The maximum absolute atomic E-state index is 5.31. The minimum Gasteiger partial charge on any atom is -0.497 e. The van der Waals surface area contributed by atoms with E-state index in [2.05, 4.69) is 42.2 Å². The van der Waals surface area contributed by atoms with Gasteiger partial charge >= 0.3 is 0 Å². The fourth-order valence-corrected chi connectivity index (χ4v) is 3.64. The van der Waals surface area contributed by atoms with Crippen molar-refractivity contribution >= 4 is 29.9 Å². The van der Waals surface area contributed by atoms with Crippen LogP contribution >= 0.6 is 24.0 Å². The van der Waals surface area contributed by atoms with Crippen molar-refractivity contribution in [2.75, 3.05) is 40.3 Å². The quantitative estimate of drug-likeness (QED) is 0.234. The third kappa shape index (κ3) is 7.18. The predicted molar refractivity (Wildman–Crippen MR) is 128 cm³/mol. The number of aliphatic imine (C=N–C) groups is 1. The Balaban J connectivity index is 0.00000300. The SMILES string of the molecule is CN=C(NCCCn1ccnc1)NCC(c1ccc(OC)cc1)N1CCCC1.I. The molecule has 7 nitrogen and oxygen atoms in total. The van der Waals surface area contributed by atoms with Crippen molar-refractivity contribution in [1.29, 1.82) is 0 Å². The Bertz CT molecular complexity index is 713. The van der Waals surface area contributed by atoms with Crippen LogP contribution in [-0.2, 0) is 6.54 Å². The van der Waals surface area contributed by atoms with Crippen molar-refractivity contribution in [3.05, 3.63) is 48.5 Å². The number of rotatable bonds is 9. The van der Waals surface area contributed by atoms with Crippen LogP contribution in [-0.4, -0.2) is 60.7 Å². The molecule has 8 heteroatoms. The van der Waals surface area contributed by atoms with Crippen molar-refractivity contribution in [2.45, 2.75) is 31.8 Å². The van der Waals surface area contributed by atoms with Crippen molar-refractivity contribution in [3.63, 3.8) is 0 Å². The molecule has 0 amide bonds. The van der Waals surface area contributed by atoms with Gasteiger partial charge in [-0.2, -0.15) is 0 Å². The van der Waals surface area contributed by atoms with Crippen LogP contribution in [0.2, 0.25) is 0 Å². The van der Waals surface area contributed by atoms with Crippen LogP contribution in [0.3, 0.4) is 0 Å². The molecule has 2 heterocycles. The monoisotopic (exact) mass is 512 g/mol. The Morgan fingerprint density at radius 2 is 1.97 bits per heavy atom. The number of benzene rings is 1. The van der Waals surface area contributed by atoms with Gasteiger partial charge in [0.25, 0.3) is 0 Å². The standard InChI is InChI=1S/C21H32N6O.HI/c1-22-21(24-10-5-12-26-15-11-23-17-26)25-16-20(27-13-3-4-14-27)18-6-8-19(28-2)9-7-18;/h6-9,11,15,17,20H,3-5,10,12-14,16H2,1-2H3,(H2,22,24,25);1H. The van der Waals surface area contributed by atoms with E-state index in [1.165, 1.54) is 18.4 Å². The van der Waals surface area contributed by atoms with Crippen LogP contribution in [0, 0.1) is 0 Å². The second kappa shape index (κ2) is 12.7. The van der Waals surface area contributed by atoms with E-state index in [4.69, 9.17) is 4.74 Å². The van der Waals surface area contributed by atoms with Crippen molar-refractivity contribution < 1.29 is 4.74 Å². The summed E-state index contributed by atoms with van der Waals surface area (Å²) in [5, 5.41) is 6.93. The van der Waals surface area contributed by atoms with E-state index >= 15 is 0 Å². The molecule has 29 heavy (non-hydrogen) atoms. The lowest BCUT2D eigenvalue weighted by molar-refractivity contribution is 0.245. The summed E-state index contributed by atoms with van der Waals surface area (Å²) < 4.78 is 7.40. The summed E-state index contributed by atoms with van der Waals surface area (Å²) in [6.07, 6.45) is 9.21. The highest BCUT2D eigenvalue weighted by atomic mass is 127. The normalized spacial score (nSPS) is 15.6. The molecule has 1 aliphatic heterocycles. The van der Waals surface area contributed by atoms with Gasteiger partial charge in [0.05, 0.1) is 19.5 Å². The number of nitrogens with zero attached hydrogens (tertiary/aromatic N) is 4. The molecular formula is C21H33IN6O. The van der Waals surface area contributed by atoms with Crippen molar-refractivity contribution in [1.82, 2.24) is 25.1 Å². The molecule has 1 atom stereocenters. The fraction of sp³-hybridized carbons (Fsp3) is 0.524. The van der Waals surface area contributed by atoms with Gasteiger partial charge in [-0.25, -0.2) is 4.98 Å².